The van der Waals surface area contributed by atoms with Crippen LogP contribution in [0, 0.1) is 5.82 Å². The lowest BCUT2D eigenvalue weighted by Crippen LogP contribution is -2.19. The molecule has 0 fully saturated rings. The smallest absolute Gasteiger partial charge is 0.244 e. The number of nitrogens with zero attached hydrogens (tertiary/aromatic N) is 3. The number of nitrogens with one attached hydrogen (secondary N) is 1. The highest BCUT2D eigenvalue weighted by molar-refractivity contribution is 7.98. The summed E-state index contributed by atoms with van der Waals surface area (Å²) >= 11 is 7.52. The van der Waals surface area contributed by atoms with Crippen molar-refractivity contribution in [3.8, 4) is 5.75 Å². The Morgan fingerprint density at radius 3 is 2.81 bits per heavy atom. The Balaban J connectivity index is 1.57. The van der Waals surface area contributed by atoms with Crippen molar-refractivity contribution >= 4 is 46.0 Å². The Hall–Kier alpha value is -3.10. The summed E-state index contributed by atoms with van der Waals surface area (Å²) in [6.45, 7) is 0.0314. The number of methoxy groups -OCH3 is 1. The van der Waals surface area contributed by atoms with Gasteiger partial charge in [-0.25, -0.2) is 9.37 Å². The third-order valence-electron chi connectivity index (χ3n) is 4.53. The SMILES string of the molecule is COc1ccc(Cl)cc1NC(=O)Cn1c(SCc2ccc(F)cc2)nc2ccncc21. The van der Waals surface area contributed by atoms with Gasteiger partial charge in [0.1, 0.15) is 18.1 Å². The summed E-state index contributed by atoms with van der Waals surface area (Å²) < 4.78 is 20.3. The van der Waals surface area contributed by atoms with E-state index < -0.39 is 0 Å². The molecule has 9 heteroatoms. The summed E-state index contributed by atoms with van der Waals surface area (Å²) in [7, 11) is 1.53. The standard InChI is InChI=1S/C22H18ClFN4O2S/c1-30-20-7-4-15(23)10-18(20)26-21(29)12-28-19-11-25-9-8-17(19)27-22(28)31-13-14-2-5-16(24)6-3-14/h2-11H,12-13H2,1H3,(H,26,29). The van der Waals surface area contributed by atoms with Gasteiger partial charge in [0.05, 0.1) is 30.0 Å². The predicted molar refractivity (Wildman–Crippen MR) is 120 cm³/mol. The number of aromatic nitrogens is 3. The lowest BCUT2D eigenvalue weighted by atomic mass is 10.2. The van der Waals surface area contributed by atoms with Gasteiger partial charge >= 0.3 is 0 Å². The van der Waals surface area contributed by atoms with E-state index in [1.54, 1.807) is 48.8 Å². The van der Waals surface area contributed by atoms with Gasteiger partial charge in [-0.1, -0.05) is 35.5 Å². The minimum absolute atomic E-state index is 0.0314. The molecule has 0 unspecified atom stereocenters. The third-order valence-corrected chi connectivity index (χ3v) is 5.82. The molecule has 0 saturated carbocycles. The summed E-state index contributed by atoms with van der Waals surface area (Å²) in [5.74, 6) is 0.564. The molecular weight excluding hydrogens is 439 g/mol. The maximum absolute atomic E-state index is 13.2. The van der Waals surface area contributed by atoms with Crippen molar-refractivity contribution in [1.29, 1.82) is 0 Å². The molecule has 2 heterocycles. The molecule has 2 aromatic heterocycles. The number of benzene rings is 2. The maximum atomic E-state index is 13.2. The second-order valence-corrected chi connectivity index (χ2v) is 8.03. The number of carbonyl (C=O) groups excluding carboxylic acids is 1. The number of anilines is 1. The van der Waals surface area contributed by atoms with Crippen LogP contribution in [0.15, 0.2) is 66.1 Å². The van der Waals surface area contributed by atoms with Gasteiger partial charge in [0.2, 0.25) is 5.91 Å². The van der Waals surface area contributed by atoms with Crippen molar-refractivity contribution in [2.75, 3.05) is 12.4 Å². The van der Waals surface area contributed by atoms with E-state index in [4.69, 9.17) is 16.3 Å². The van der Waals surface area contributed by atoms with Crippen LogP contribution in [0.1, 0.15) is 5.56 Å². The number of fused-ring (bicyclic) bond motifs is 1. The van der Waals surface area contributed by atoms with Gasteiger partial charge in [-0.05, 0) is 42.0 Å². The minimum atomic E-state index is -0.278. The number of rotatable bonds is 7. The molecule has 2 aromatic carbocycles. The fourth-order valence-electron chi connectivity index (χ4n) is 3.05. The lowest BCUT2D eigenvalue weighted by Gasteiger charge is -2.12. The summed E-state index contributed by atoms with van der Waals surface area (Å²) in [6.07, 6.45) is 3.34. The first-order chi connectivity index (χ1) is 15.0. The fraction of sp³-hybridized carbons (Fsp3) is 0.136. The van der Waals surface area contributed by atoms with E-state index in [2.05, 4.69) is 15.3 Å². The Morgan fingerprint density at radius 1 is 1.23 bits per heavy atom. The van der Waals surface area contributed by atoms with E-state index in [9.17, 15) is 9.18 Å². The van der Waals surface area contributed by atoms with Crippen LogP contribution in [0.5, 0.6) is 5.75 Å². The molecule has 0 bridgehead atoms. The van der Waals surface area contributed by atoms with E-state index in [0.717, 1.165) is 16.6 Å². The molecule has 1 amide bonds. The molecule has 158 valence electrons. The molecule has 31 heavy (non-hydrogen) atoms. The van der Waals surface area contributed by atoms with E-state index >= 15 is 0 Å². The van der Waals surface area contributed by atoms with Crippen molar-refractivity contribution in [2.45, 2.75) is 17.5 Å². The second-order valence-electron chi connectivity index (χ2n) is 6.65. The predicted octanol–water partition coefficient (Wildman–Crippen LogP) is 5.16. The van der Waals surface area contributed by atoms with Crippen LogP contribution < -0.4 is 10.1 Å². The molecule has 4 rings (SSSR count). The maximum Gasteiger partial charge on any atom is 0.244 e. The molecule has 4 aromatic rings. The van der Waals surface area contributed by atoms with E-state index in [0.29, 0.717) is 27.4 Å². The Kier molecular flexibility index (Phi) is 6.39. The summed E-state index contributed by atoms with van der Waals surface area (Å²) in [6, 6.07) is 13.1. The first-order valence-electron chi connectivity index (χ1n) is 9.34. The Bertz CT molecular complexity index is 1230. The van der Waals surface area contributed by atoms with Crippen molar-refractivity contribution in [1.82, 2.24) is 14.5 Å². The number of halogens is 2. The highest BCUT2D eigenvalue weighted by atomic mass is 35.5. The zero-order chi connectivity index (χ0) is 21.8. The van der Waals surface area contributed by atoms with E-state index in [-0.39, 0.29) is 18.3 Å². The van der Waals surface area contributed by atoms with Crippen LogP contribution in [-0.2, 0) is 17.1 Å². The second kappa shape index (κ2) is 9.36. The highest BCUT2D eigenvalue weighted by Crippen LogP contribution is 2.29. The van der Waals surface area contributed by atoms with Crippen LogP contribution in [-0.4, -0.2) is 27.6 Å². The van der Waals surface area contributed by atoms with Crippen molar-refractivity contribution in [3.63, 3.8) is 0 Å². The van der Waals surface area contributed by atoms with Crippen LogP contribution in [0.25, 0.3) is 11.0 Å². The first kappa shape index (κ1) is 21.1. The largest absolute Gasteiger partial charge is 0.495 e. The molecule has 0 aliphatic heterocycles. The van der Waals surface area contributed by atoms with Gasteiger partial charge < -0.3 is 14.6 Å². The zero-order valence-corrected chi connectivity index (χ0v) is 18.1. The average Bonchev–Trinajstić information content (AvgIpc) is 3.11. The minimum Gasteiger partial charge on any atom is -0.495 e. The van der Waals surface area contributed by atoms with E-state index in [1.165, 1.54) is 31.0 Å². The number of hydrogen-bond acceptors (Lipinski definition) is 5. The van der Waals surface area contributed by atoms with Gasteiger partial charge in [0, 0.05) is 17.0 Å². The zero-order valence-electron chi connectivity index (χ0n) is 16.5. The van der Waals surface area contributed by atoms with Crippen LogP contribution in [0.4, 0.5) is 10.1 Å². The molecule has 1 N–H and O–H groups in total. The highest BCUT2D eigenvalue weighted by Gasteiger charge is 2.16. The molecule has 0 atom stereocenters. The molecule has 6 nitrogen and oxygen atoms in total. The quantitative estimate of drug-likeness (QED) is 0.389. The number of thioether (sulfide) groups is 1. The lowest BCUT2D eigenvalue weighted by molar-refractivity contribution is -0.116. The number of amides is 1. The average molecular weight is 457 g/mol. The Morgan fingerprint density at radius 2 is 2.03 bits per heavy atom. The molecule has 0 saturated heterocycles. The van der Waals surface area contributed by atoms with Crippen molar-refractivity contribution in [2.24, 2.45) is 0 Å². The summed E-state index contributed by atoms with van der Waals surface area (Å²) in [5, 5.41) is 4.00. The topological polar surface area (TPSA) is 69.0 Å². The Labute approximate surface area is 187 Å². The number of carbonyl (C=O) groups is 1. The number of hydrogen-bond donors (Lipinski definition) is 1. The van der Waals surface area contributed by atoms with E-state index in [1.807, 2.05) is 4.57 Å². The fourth-order valence-corrected chi connectivity index (χ4v) is 4.19. The molecular formula is C22H18ClFN4O2S. The van der Waals surface area contributed by atoms with Crippen LogP contribution >= 0.6 is 23.4 Å². The van der Waals surface area contributed by atoms with Crippen molar-refractivity contribution in [3.05, 3.63) is 77.3 Å². The van der Waals surface area contributed by atoms with Gasteiger partial charge in [0.25, 0.3) is 0 Å². The van der Waals surface area contributed by atoms with Gasteiger partial charge in [-0.15, -0.1) is 0 Å². The number of imidazole rings is 1. The van der Waals surface area contributed by atoms with Gasteiger partial charge in [-0.3, -0.25) is 9.78 Å². The van der Waals surface area contributed by atoms with Crippen LogP contribution in [0.2, 0.25) is 5.02 Å². The molecule has 0 aliphatic rings. The number of pyridine rings is 1. The molecule has 0 aliphatic carbocycles. The normalized spacial score (nSPS) is 10.9. The first-order valence-corrected chi connectivity index (χ1v) is 10.7. The third kappa shape index (κ3) is 4.98. The molecule has 0 radical (unpaired) electrons. The van der Waals surface area contributed by atoms with Crippen LogP contribution in [0.3, 0.4) is 0 Å². The molecule has 0 spiro atoms. The number of ether oxygens (including phenoxy) is 1. The summed E-state index contributed by atoms with van der Waals surface area (Å²) in [4.78, 5) is 21.6. The van der Waals surface area contributed by atoms with Gasteiger partial charge in [-0.2, -0.15) is 0 Å². The van der Waals surface area contributed by atoms with Crippen molar-refractivity contribution < 1.29 is 13.9 Å². The monoisotopic (exact) mass is 456 g/mol. The summed E-state index contributed by atoms with van der Waals surface area (Å²) in [5.41, 5.74) is 2.93. The van der Waals surface area contributed by atoms with Gasteiger partial charge in [0.15, 0.2) is 5.16 Å².